The molecule has 3 rings (SSSR count). The van der Waals surface area contributed by atoms with E-state index in [0.29, 0.717) is 18.9 Å². The van der Waals surface area contributed by atoms with Gasteiger partial charge in [-0.05, 0) is 18.4 Å². The van der Waals surface area contributed by atoms with Crippen molar-refractivity contribution in [3.8, 4) is 0 Å². The zero-order valence-corrected chi connectivity index (χ0v) is 14.4. The smallest absolute Gasteiger partial charge is 0.224 e. The Balaban J connectivity index is 1.70. The number of pyridine rings is 1. The van der Waals surface area contributed by atoms with Gasteiger partial charge in [0.1, 0.15) is 13.5 Å². The van der Waals surface area contributed by atoms with Crippen molar-refractivity contribution in [1.82, 2.24) is 9.55 Å². The Morgan fingerprint density at radius 3 is 2.92 bits per heavy atom. The molecule has 6 heteroatoms. The van der Waals surface area contributed by atoms with Gasteiger partial charge in [0, 0.05) is 30.7 Å². The van der Waals surface area contributed by atoms with Gasteiger partial charge in [-0.25, -0.2) is 4.98 Å². The molecule has 2 heterocycles. The Bertz CT molecular complexity index is 708. The quantitative estimate of drug-likeness (QED) is 0.792. The summed E-state index contributed by atoms with van der Waals surface area (Å²) >= 11 is 0. The highest BCUT2D eigenvalue weighted by Crippen LogP contribution is 2.28. The Morgan fingerprint density at radius 1 is 1.38 bits per heavy atom. The maximum absolute atomic E-state index is 12.4. The van der Waals surface area contributed by atoms with Gasteiger partial charge in [0.2, 0.25) is 5.91 Å². The largest absolute Gasteiger partial charge is 0.395 e. The summed E-state index contributed by atoms with van der Waals surface area (Å²) in [5.41, 5.74) is 2.70. The summed E-state index contributed by atoms with van der Waals surface area (Å²) < 4.78 is 1.90. The fraction of sp³-hybridized carbons (Fsp3) is 0.556. The van der Waals surface area contributed by atoms with Gasteiger partial charge >= 0.3 is 0 Å². The van der Waals surface area contributed by atoms with Crippen molar-refractivity contribution < 1.29 is 9.90 Å². The second-order valence-corrected chi connectivity index (χ2v) is 6.88. The van der Waals surface area contributed by atoms with Gasteiger partial charge in [-0.1, -0.05) is 37.6 Å². The second-order valence-electron chi connectivity index (χ2n) is 6.88. The van der Waals surface area contributed by atoms with Gasteiger partial charge in [-0.15, -0.1) is 0 Å². The topological polar surface area (TPSA) is 67.2 Å². The van der Waals surface area contributed by atoms with E-state index < -0.39 is 0 Å². The fourth-order valence-corrected chi connectivity index (χ4v) is 3.77. The van der Waals surface area contributed by atoms with Gasteiger partial charge in [0.05, 0.1) is 12.3 Å². The lowest BCUT2D eigenvalue weighted by Gasteiger charge is -2.20. The number of nitrogens with zero attached hydrogens (tertiary/aromatic N) is 2. The van der Waals surface area contributed by atoms with Crippen LogP contribution in [0.15, 0.2) is 18.5 Å². The van der Waals surface area contributed by atoms with Crippen molar-refractivity contribution in [3.63, 3.8) is 0 Å². The monoisotopic (exact) mass is 327 g/mol. The van der Waals surface area contributed by atoms with Gasteiger partial charge in [-0.2, -0.15) is 0 Å². The highest BCUT2D eigenvalue weighted by Gasteiger charge is 2.17. The predicted molar refractivity (Wildman–Crippen MR) is 99.4 cm³/mol. The molecule has 5 nitrogen and oxygen atoms in total. The minimum absolute atomic E-state index is 0.0501. The van der Waals surface area contributed by atoms with Crippen LogP contribution < -0.4 is 10.8 Å². The maximum Gasteiger partial charge on any atom is 0.224 e. The number of carbonyl (C=O) groups excluding carboxylic acids is 1. The molecule has 0 saturated heterocycles. The van der Waals surface area contributed by atoms with Crippen LogP contribution in [0.5, 0.6) is 0 Å². The van der Waals surface area contributed by atoms with E-state index in [1.54, 1.807) is 6.20 Å². The third kappa shape index (κ3) is 3.81. The predicted octanol–water partition coefficient (Wildman–Crippen LogP) is 1.59. The third-order valence-electron chi connectivity index (χ3n) is 5.09. The van der Waals surface area contributed by atoms with E-state index in [2.05, 4.69) is 10.3 Å². The Kier molecular flexibility index (Phi) is 5.56. The van der Waals surface area contributed by atoms with Crippen molar-refractivity contribution in [2.75, 3.05) is 11.9 Å². The minimum atomic E-state index is 0.0501. The first kappa shape index (κ1) is 17.0. The highest BCUT2D eigenvalue weighted by molar-refractivity contribution is 6.40. The molecule has 0 spiro atoms. The molecule has 0 unspecified atom stereocenters. The lowest BCUT2D eigenvalue weighted by Crippen LogP contribution is -2.15. The van der Waals surface area contributed by atoms with E-state index >= 15 is 0 Å². The molecule has 2 aromatic heterocycles. The first-order valence-corrected chi connectivity index (χ1v) is 9.04. The molecular formula is C18H26BN3O2. The van der Waals surface area contributed by atoms with Crippen LogP contribution in [-0.4, -0.2) is 35.0 Å². The summed E-state index contributed by atoms with van der Waals surface area (Å²) in [4.78, 5) is 16.8. The van der Waals surface area contributed by atoms with Crippen LogP contribution in [0.25, 0.3) is 11.0 Å². The fourth-order valence-electron chi connectivity index (χ4n) is 3.77. The molecule has 0 radical (unpaired) electrons. The van der Waals surface area contributed by atoms with E-state index in [4.69, 9.17) is 0 Å². The van der Waals surface area contributed by atoms with Crippen molar-refractivity contribution in [2.45, 2.75) is 51.5 Å². The van der Waals surface area contributed by atoms with Crippen LogP contribution in [0.3, 0.4) is 0 Å². The lowest BCUT2D eigenvalue weighted by atomic mass is 9.86. The molecule has 1 fully saturated rings. The molecule has 0 bridgehead atoms. The standard InChI is InChI=1S/C18H26BN3O2/c19-14-8-9-20-18-17(14)15(12-22(18)10-11-23)21-16(24)7-6-13-4-2-1-3-5-13/h8-9,12-13,23H,1-7,10-11,19H2,(H,21,24). The van der Waals surface area contributed by atoms with Gasteiger partial charge in [-0.3, -0.25) is 4.79 Å². The Hall–Kier alpha value is -1.82. The number of amides is 1. The average molecular weight is 327 g/mol. The summed E-state index contributed by atoms with van der Waals surface area (Å²) in [6, 6.07) is 1.95. The molecule has 0 aliphatic heterocycles. The van der Waals surface area contributed by atoms with Crippen molar-refractivity contribution in [2.24, 2.45) is 5.92 Å². The number of anilines is 1. The summed E-state index contributed by atoms with van der Waals surface area (Å²) in [7, 11) is 2.02. The average Bonchev–Trinajstić information content (AvgIpc) is 2.93. The first-order valence-electron chi connectivity index (χ1n) is 9.04. The highest BCUT2D eigenvalue weighted by atomic mass is 16.3. The molecule has 2 aromatic rings. The van der Waals surface area contributed by atoms with Gasteiger partial charge in [0.15, 0.2) is 0 Å². The van der Waals surface area contributed by atoms with Crippen LogP contribution in [0.4, 0.5) is 5.69 Å². The van der Waals surface area contributed by atoms with Gasteiger partial charge < -0.3 is 15.0 Å². The molecule has 0 aromatic carbocycles. The summed E-state index contributed by atoms with van der Waals surface area (Å²) in [5.74, 6) is 0.788. The maximum atomic E-state index is 12.4. The number of nitrogens with one attached hydrogen (secondary N) is 1. The summed E-state index contributed by atoms with van der Waals surface area (Å²) in [5, 5.41) is 13.3. The summed E-state index contributed by atoms with van der Waals surface area (Å²) in [6.45, 7) is 0.527. The van der Waals surface area contributed by atoms with E-state index in [9.17, 15) is 9.90 Å². The van der Waals surface area contributed by atoms with Crippen molar-refractivity contribution in [1.29, 1.82) is 0 Å². The number of hydrogen-bond acceptors (Lipinski definition) is 3. The zero-order chi connectivity index (χ0) is 16.9. The molecule has 0 atom stereocenters. The lowest BCUT2D eigenvalue weighted by molar-refractivity contribution is -0.116. The molecular weight excluding hydrogens is 301 g/mol. The van der Waals surface area contributed by atoms with Crippen LogP contribution in [0.2, 0.25) is 0 Å². The van der Waals surface area contributed by atoms with Crippen LogP contribution in [0, 0.1) is 5.92 Å². The molecule has 1 aliphatic rings. The Morgan fingerprint density at radius 2 is 2.17 bits per heavy atom. The molecule has 1 aliphatic carbocycles. The Labute approximate surface area is 143 Å². The second kappa shape index (κ2) is 7.84. The third-order valence-corrected chi connectivity index (χ3v) is 5.09. The van der Waals surface area contributed by atoms with Crippen molar-refractivity contribution in [3.05, 3.63) is 18.5 Å². The number of aromatic nitrogens is 2. The molecule has 24 heavy (non-hydrogen) atoms. The van der Waals surface area contributed by atoms with Crippen molar-refractivity contribution >= 4 is 35.9 Å². The minimum Gasteiger partial charge on any atom is -0.395 e. The van der Waals surface area contributed by atoms with E-state index in [1.807, 2.05) is 24.7 Å². The number of aliphatic hydroxyl groups excluding tert-OH is 1. The molecule has 2 N–H and O–H groups in total. The van der Waals surface area contributed by atoms with E-state index in [1.165, 1.54) is 32.1 Å². The van der Waals surface area contributed by atoms with E-state index in [0.717, 1.165) is 28.6 Å². The zero-order valence-electron chi connectivity index (χ0n) is 14.4. The molecule has 1 saturated carbocycles. The summed E-state index contributed by atoms with van der Waals surface area (Å²) in [6.07, 6.45) is 11.7. The number of carbonyl (C=O) groups is 1. The number of rotatable bonds is 6. The number of hydrogen-bond donors (Lipinski definition) is 2. The van der Waals surface area contributed by atoms with E-state index in [-0.39, 0.29) is 12.5 Å². The molecule has 128 valence electrons. The number of fused-ring (bicyclic) bond motifs is 1. The number of aliphatic hydroxyl groups is 1. The SMILES string of the molecule is Bc1ccnc2c1c(NC(=O)CCC1CCCCC1)cn2CCO. The van der Waals surface area contributed by atoms with Crippen LogP contribution >= 0.6 is 0 Å². The van der Waals surface area contributed by atoms with Crippen LogP contribution in [-0.2, 0) is 11.3 Å². The van der Waals surface area contributed by atoms with Crippen LogP contribution in [0.1, 0.15) is 44.9 Å². The van der Waals surface area contributed by atoms with Gasteiger partial charge in [0.25, 0.3) is 0 Å². The normalized spacial score (nSPS) is 15.7. The molecule has 1 amide bonds. The first-order chi connectivity index (χ1) is 11.7.